The highest BCUT2D eigenvalue weighted by Crippen LogP contribution is 2.46. The molecular formula is C29H42N2O4Si. The largest absolute Gasteiger partial charge is 0.497 e. The number of carbonyl (C=O) groups is 1. The minimum Gasteiger partial charge on any atom is -0.497 e. The van der Waals surface area contributed by atoms with Crippen LogP contribution >= 0.6 is 0 Å². The fourth-order valence-electron chi connectivity index (χ4n) is 6.25. The minimum absolute atomic E-state index is 0.0537. The van der Waals surface area contributed by atoms with E-state index in [9.17, 15) is 9.90 Å². The highest BCUT2D eigenvalue weighted by atomic mass is 28.3. The van der Waals surface area contributed by atoms with Crippen molar-refractivity contribution >= 4 is 24.9 Å². The second-order valence-electron chi connectivity index (χ2n) is 10.9. The van der Waals surface area contributed by atoms with Crippen molar-refractivity contribution < 1.29 is 19.4 Å². The molecule has 2 aliphatic rings. The van der Waals surface area contributed by atoms with Crippen LogP contribution in [0.4, 0.5) is 5.69 Å². The number of rotatable bonds is 10. The molecule has 3 N–H and O–H groups in total. The molecule has 36 heavy (non-hydrogen) atoms. The van der Waals surface area contributed by atoms with Crippen molar-refractivity contribution in [1.29, 1.82) is 0 Å². The van der Waals surface area contributed by atoms with Crippen LogP contribution in [0.25, 0.3) is 0 Å². The lowest BCUT2D eigenvalue weighted by Crippen LogP contribution is -2.50. The first kappa shape index (κ1) is 26.9. The third-order valence-corrected chi connectivity index (χ3v) is 12.7. The molecule has 196 valence electrons. The van der Waals surface area contributed by atoms with Gasteiger partial charge in [0.2, 0.25) is 5.91 Å². The quantitative estimate of drug-likeness (QED) is 0.420. The lowest BCUT2D eigenvalue weighted by molar-refractivity contribution is -0.117. The molecule has 5 atom stereocenters. The summed E-state index contributed by atoms with van der Waals surface area (Å²) in [6, 6.07) is 16.7. The number of aliphatic hydroxyl groups is 1. The number of aryl methyl sites for hydroxylation is 1. The van der Waals surface area contributed by atoms with Gasteiger partial charge in [-0.15, -0.1) is 0 Å². The highest BCUT2D eigenvalue weighted by molar-refractivity contribution is 6.91. The van der Waals surface area contributed by atoms with Gasteiger partial charge in [-0.3, -0.25) is 4.79 Å². The molecule has 2 aliphatic heterocycles. The van der Waals surface area contributed by atoms with E-state index in [4.69, 9.17) is 9.47 Å². The third-order valence-electron chi connectivity index (χ3n) is 8.30. The molecule has 0 unspecified atom stereocenters. The number of hydrogen-bond acceptors (Lipinski definition) is 5. The highest BCUT2D eigenvalue weighted by Gasteiger charge is 2.50. The average molecular weight is 511 g/mol. The van der Waals surface area contributed by atoms with Crippen LogP contribution in [0, 0.1) is 5.92 Å². The Morgan fingerprint density at radius 2 is 1.83 bits per heavy atom. The monoisotopic (exact) mass is 510 g/mol. The standard InChI is InChI=1S/C29H42N2O4Si/c1-20-26(16-9-21-7-10-22(11-8-21)31-29(33)25-6-5-18-30-25)35-27(17-19-32)28(20)36(3,4)24-14-12-23(34-2)13-15-24/h7-8,10-15,20,25-28,30,32H,5-6,9,16-19H2,1-4H3,(H,31,33)/t20-,25+,26+,27-,28+/m0/s1. The lowest BCUT2D eigenvalue weighted by Gasteiger charge is -2.36. The van der Waals surface area contributed by atoms with Crippen LogP contribution in [0.5, 0.6) is 5.75 Å². The van der Waals surface area contributed by atoms with E-state index >= 15 is 0 Å². The number of ether oxygens (including phenoxy) is 2. The number of carbonyl (C=O) groups excluding carboxylic acids is 1. The fraction of sp³-hybridized carbons (Fsp3) is 0.552. The summed E-state index contributed by atoms with van der Waals surface area (Å²) in [7, 11) is -0.169. The van der Waals surface area contributed by atoms with Gasteiger partial charge >= 0.3 is 0 Å². The minimum atomic E-state index is -1.87. The van der Waals surface area contributed by atoms with E-state index in [1.807, 2.05) is 12.1 Å². The van der Waals surface area contributed by atoms with Crippen LogP contribution in [0.15, 0.2) is 48.5 Å². The maximum Gasteiger partial charge on any atom is 0.241 e. The zero-order chi connectivity index (χ0) is 25.7. The normalized spacial score (nSPS) is 26.2. The van der Waals surface area contributed by atoms with Gasteiger partial charge in [-0.05, 0) is 79.9 Å². The number of benzene rings is 2. The van der Waals surface area contributed by atoms with Gasteiger partial charge in [0, 0.05) is 12.3 Å². The fourth-order valence-corrected chi connectivity index (χ4v) is 10.4. The number of aliphatic hydroxyl groups excluding tert-OH is 1. The van der Waals surface area contributed by atoms with E-state index in [-0.39, 0.29) is 30.8 Å². The maximum absolute atomic E-state index is 12.4. The van der Waals surface area contributed by atoms with Gasteiger partial charge in [0.05, 0.1) is 33.4 Å². The van der Waals surface area contributed by atoms with Crippen molar-refractivity contribution in [2.75, 3.05) is 25.6 Å². The molecule has 2 fully saturated rings. The van der Waals surface area contributed by atoms with Crippen molar-refractivity contribution in [3.05, 3.63) is 54.1 Å². The Morgan fingerprint density at radius 3 is 2.44 bits per heavy atom. The van der Waals surface area contributed by atoms with E-state index in [0.29, 0.717) is 17.9 Å². The second-order valence-corrected chi connectivity index (χ2v) is 15.6. The smallest absolute Gasteiger partial charge is 0.241 e. The summed E-state index contributed by atoms with van der Waals surface area (Å²) in [5.74, 6) is 1.35. The van der Waals surface area contributed by atoms with Gasteiger partial charge in [0.15, 0.2) is 0 Å². The Bertz CT molecular complexity index is 989. The van der Waals surface area contributed by atoms with Crippen molar-refractivity contribution in [1.82, 2.24) is 5.32 Å². The van der Waals surface area contributed by atoms with E-state index in [1.54, 1.807) is 7.11 Å². The summed E-state index contributed by atoms with van der Waals surface area (Å²) >= 11 is 0. The second kappa shape index (κ2) is 11.9. The number of anilines is 1. The molecule has 0 radical (unpaired) electrons. The van der Waals surface area contributed by atoms with Crippen molar-refractivity contribution in [2.24, 2.45) is 5.92 Å². The first-order chi connectivity index (χ1) is 17.3. The number of hydrogen-bond donors (Lipinski definition) is 3. The SMILES string of the molecule is COc1ccc([Si](C)(C)[C@@H]2[C@@H](C)[C@@H](CCc3ccc(NC(=O)[C@H]4CCCN4)cc3)O[C@H]2CCO)cc1. The summed E-state index contributed by atoms with van der Waals surface area (Å²) < 4.78 is 12.0. The van der Waals surface area contributed by atoms with Gasteiger partial charge in [-0.2, -0.15) is 0 Å². The lowest BCUT2D eigenvalue weighted by atomic mass is 9.95. The molecule has 2 aromatic rings. The third kappa shape index (κ3) is 6.02. The molecule has 2 heterocycles. The zero-order valence-corrected chi connectivity index (χ0v) is 23.1. The van der Waals surface area contributed by atoms with Crippen LogP contribution in [0.3, 0.4) is 0 Å². The molecule has 0 saturated carbocycles. The molecule has 0 spiro atoms. The molecule has 7 heteroatoms. The van der Waals surface area contributed by atoms with Crippen LogP contribution < -0.4 is 20.6 Å². The van der Waals surface area contributed by atoms with E-state index in [1.165, 1.54) is 10.8 Å². The number of amides is 1. The average Bonchev–Trinajstić information content (AvgIpc) is 3.52. The zero-order valence-electron chi connectivity index (χ0n) is 22.1. The molecular weight excluding hydrogens is 468 g/mol. The van der Waals surface area contributed by atoms with Crippen molar-refractivity contribution in [3.63, 3.8) is 0 Å². The van der Waals surface area contributed by atoms with Crippen LogP contribution in [-0.2, 0) is 16.0 Å². The number of nitrogens with one attached hydrogen (secondary N) is 2. The Kier molecular flexibility index (Phi) is 8.88. The summed E-state index contributed by atoms with van der Waals surface area (Å²) in [6.07, 6.45) is 4.77. The van der Waals surface area contributed by atoms with Gasteiger partial charge < -0.3 is 25.2 Å². The Labute approximate surface area is 216 Å². The van der Waals surface area contributed by atoms with Gasteiger partial charge in [-0.1, -0.05) is 49.5 Å². The van der Waals surface area contributed by atoms with Crippen LogP contribution in [0.2, 0.25) is 18.6 Å². The summed E-state index contributed by atoms with van der Waals surface area (Å²) in [4.78, 5) is 12.4. The molecule has 0 aliphatic carbocycles. The van der Waals surface area contributed by atoms with E-state index < -0.39 is 8.07 Å². The maximum atomic E-state index is 12.4. The van der Waals surface area contributed by atoms with Gasteiger partial charge in [-0.25, -0.2) is 0 Å². The molecule has 4 rings (SSSR count). The van der Waals surface area contributed by atoms with Crippen LogP contribution in [-0.4, -0.2) is 57.6 Å². The van der Waals surface area contributed by atoms with Crippen molar-refractivity contribution in [2.45, 2.75) is 75.9 Å². The predicted octanol–water partition coefficient (Wildman–Crippen LogP) is 4.09. The van der Waals surface area contributed by atoms with Gasteiger partial charge in [0.25, 0.3) is 0 Å². The molecule has 0 aromatic heterocycles. The summed E-state index contributed by atoms with van der Waals surface area (Å²) in [5, 5.41) is 17.4. The summed E-state index contributed by atoms with van der Waals surface area (Å²) in [6.45, 7) is 8.26. The van der Waals surface area contributed by atoms with Crippen molar-refractivity contribution in [3.8, 4) is 5.75 Å². The Balaban J connectivity index is 1.38. The summed E-state index contributed by atoms with van der Waals surface area (Å²) in [5.41, 5.74) is 2.53. The van der Waals surface area contributed by atoms with E-state index in [0.717, 1.165) is 43.7 Å². The number of methoxy groups -OCH3 is 1. The first-order valence-electron chi connectivity index (χ1n) is 13.4. The molecule has 2 aromatic carbocycles. The van der Waals surface area contributed by atoms with Crippen LogP contribution in [0.1, 0.15) is 38.2 Å². The molecule has 1 amide bonds. The predicted molar refractivity (Wildman–Crippen MR) is 148 cm³/mol. The molecule has 2 saturated heterocycles. The molecule has 0 bridgehead atoms. The topological polar surface area (TPSA) is 79.8 Å². The van der Waals surface area contributed by atoms with Gasteiger partial charge in [0.1, 0.15) is 5.75 Å². The van der Waals surface area contributed by atoms with E-state index in [2.05, 4.69) is 67.0 Å². The first-order valence-corrected chi connectivity index (χ1v) is 16.4. The Morgan fingerprint density at radius 1 is 1.11 bits per heavy atom. The molecule has 6 nitrogen and oxygen atoms in total. The Hall–Kier alpha value is -2.19.